The van der Waals surface area contributed by atoms with Gasteiger partial charge in [-0.3, -0.25) is 0 Å². The molecule has 0 radical (unpaired) electrons. The molecule has 1 rings (SSSR count). The van der Waals surface area contributed by atoms with E-state index in [4.69, 9.17) is 0 Å². The summed E-state index contributed by atoms with van der Waals surface area (Å²) in [6.45, 7) is 1.68. The van der Waals surface area contributed by atoms with Crippen LogP contribution in [0.15, 0.2) is 0 Å². The summed E-state index contributed by atoms with van der Waals surface area (Å²) in [6, 6.07) is 0. The number of nitrogens with one attached hydrogen (secondary N) is 1. The van der Waals surface area contributed by atoms with Gasteiger partial charge >= 0.3 is 6.18 Å². The molecule has 84 valence electrons. The highest BCUT2D eigenvalue weighted by Crippen LogP contribution is 2.29. The van der Waals surface area contributed by atoms with E-state index in [0.29, 0.717) is 6.42 Å². The van der Waals surface area contributed by atoms with Gasteiger partial charge in [0.15, 0.2) is 6.17 Å². The van der Waals surface area contributed by atoms with Crippen molar-refractivity contribution in [1.82, 2.24) is 5.32 Å². The molecule has 0 aromatic carbocycles. The lowest BCUT2D eigenvalue weighted by Crippen LogP contribution is -2.29. The molecule has 0 amide bonds. The second-order valence-corrected chi connectivity index (χ2v) is 3.78. The Kier molecular flexibility index (Phi) is 4.16. The van der Waals surface area contributed by atoms with E-state index < -0.39 is 12.3 Å². The first-order valence-corrected chi connectivity index (χ1v) is 4.91. The molecule has 0 spiro atoms. The van der Waals surface area contributed by atoms with Gasteiger partial charge in [-0.25, -0.2) is 4.39 Å². The highest BCUT2D eigenvalue weighted by molar-refractivity contribution is 4.72. The van der Waals surface area contributed by atoms with E-state index in [9.17, 15) is 17.6 Å². The van der Waals surface area contributed by atoms with Gasteiger partial charge in [0, 0.05) is 0 Å². The number of halogens is 4. The van der Waals surface area contributed by atoms with E-state index >= 15 is 0 Å². The van der Waals surface area contributed by atoms with Crippen LogP contribution >= 0.6 is 0 Å². The van der Waals surface area contributed by atoms with Crippen LogP contribution in [0.1, 0.15) is 25.7 Å². The van der Waals surface area contributed by atoms with Crippen LogP contribution in [-0.4, -0.2) is 25.4 Å². The van der Waals surface area contributed by atoms with Crippen molar-refractivity contribution in [2.24, 2.45) is 5.92 Å². The Labute approximate surface area is 80.9 Å². The van der Waals surface area contributed by atoms with Gasteiger partial charge in [-0.2, -0.15) is 13.2 Å². The van der Waals surface area contributed by atoms with Crippen molar-refractivity contribution in [2.75, 3.05) is 13.1 Å². The highest BCUT2D eigenvalue weighted by atomic mass is 19.4. The van der Waals surface area contributed by atoms with Gasteiger partial charge in [-0.15, -0.1) is 0 Å². The summed E-state index contributed by atoms with van der Waals surface area (Å²) in [5.74, 6) is 0.261. The molecular weight excluding hydrogens is 198 g/mol. The maximum Gasteiger partial charge on any atom is 0.419 e. The molecule has 0 bridgehead atoms. The molecule has 1 saturated heterocycles. The molecule has 0 aromatic rings. The second kappa shape index (κ2) is 4.96. The molecule has 1 nitrogen and oxygen atoms in total. The van der Waals surface area contributed by atoms with Gasteiger partial charge in [0.2, 0.25) is 0 Å². The van der Waals surface area contributed by atoms with Gasteiger partial charge in [-0.1, -0.05) is 0 Å². The maximum absolute atomic E-state index is 12.5. The lowest BCUT2D eigenvalue weighted by molar-refractivity contribution is -0.182. The fourth-order valence-electron chi connectivity index (χ4n) is 1.72. The second-order valence-electron chi connectivity index (χ2n) is 3.78. The predicted molar refractivity (Wildman–Crippen MR) is 45.8 cm³/mol. The van der Waals surface area contributed by atoms with Gasteiger partial charge in [0.05, 0.1) is 0 Å². The van der Waals surface area contributed by atoms with Crippen LogP contribution in [0.4, 0.5) is 17.6 Å². The molecule has 1 heterocycles. The average molecular weight is 213 g/mol. The van der Waals surface area contributed by atoms with Crippen molar-refractivity contribution in [3.8, 4) is 0 Å². The first kappa shape index (κ1) is 11.8. The fourth-order valence-corrected chi connectivity index (χ4v) is 1.72. The molecule has 5 heteroatoms. The zero-order chi connectivity index (χ0) is 10.6. The average Bonchev–Trinajstić information content (AvgIpc) is 2.14. The van der Waals surface area contributed by atoms with Crippen molar-refractivity contribution in [2.45, 2.75) is 38.0 Å². The molecule has 0 saturated carbocycles. The van der Waals surface area contributed by atoms with Crippen molar-refractivity contribution < 1.29 is 17.6 Å². The summed E-state index contributed by atoms with van der Waals surface area (Å²) in [6.07, 6.45) is -5.61. The maximum atomic E-state index is 12.5. The number of hydrogen-bond acceptors (Lipinski definition) is 1. The minimum atomic E-state index is -4.67. The van der Waals surface area contributed by atoms with Crippen LogP contribution < -0.4 is 5.32 Å². The van der Waals surface area contributed by atoms with Crippen molar-refractivity contribution >= 4 is 0 Å². The molecule has 1 atom stereocenters. The van der Waals surface area contributed by atoms with E-state index in [1.807, 2.05) is 0 Å². The third kappa shape index (κ3) is 3.82. The quantitative estimate of drug-likeness (QED) is 0.711. The van der Waals surface area contributed by atoms with Crippen LogP contribution in [0, 0.1) is 5.92 Å². The number of rotatable bonds is 3. The van der Waals surface area contributed by atoms with Crippen molar-refractivity contribution in [3.63, 3.8) is 0 Å². The van der Waals surface area contributed by atoms with E-state index in [2.05, 4.69) is 5.32 Å². The Balaban J connectivity index is 2.19. The minimum Gasteiger partial charge on any atom is -0.317 e. The summed E-state index contributed by atoms with van der Waals surface area (Å²) < 4.78 is 48.0. The molecule has 1 N–H and O–H groups in total. The molecule has 1 aliphatic rings. The highest BCUT2D eigenvalue weighted by Gasteiger charge is 2.39. The molecule has 1 aliphatic heterocycles. The zero-order valence-corrected chi connectivity index (χ0v) is 7.91. The monoisotopic (exact) mass is 213 g/mol. The summed E-state index contributed by atoms with van der Waals surface area (Å²) in [5.41, 5.74) is 0. The van der Waals surface area contributed by atoms with Crippen molar-refractivity contribution in [1.29, 1.82) is 0 Å². The molecule has 1 unspecified atom stereocenters. The smallest absolute Gasteiger partial charge is 0.317 e. The van der Waals surface area contributed by atoms with Gasteiger partial charge in [-0.05, 0) is 44.7 Å². The molecule has 1 fully saturated rings. The van der Waals surface area contributed by atoms with E-state index in [-0.39, 0.29) is 12.3 Å². The Morgan fingerprint density at radius 3 is 2.29 bits per heavy atom. The largest absolute Gasteiger partial charge is 0.419 e. The Morgan fingerprint density at radius 1 is 1.21 bits per heavy atom. The first-order chi connectivity index (χ1) is 6.50. The Morgan fingerprint density at radius 2 is 1.79 bits per heavy atom. The molecule has 14 heavy (non-hydrogen) atoms. The summed E-state index contributed by atoms with van der Waals surface area (Å²) in [7, 11) is 0. The number of piperidine rings is 1. The molecular formula is C9H15F4N. The van der Waals surface area contributed by atoms with E-state index in [1.165, 1.54) is 0 Å². The van der Waals surface area contributed by atoms with Crippen LogP contribution in [0.2, 0.25) is 0 Å². The third-order valence-corrected chi connectivity index (χ3v) is 2.64. The van der Waals surface area contributed by atoms with Crippen LogP contribution in [-0.2, 0) is 0 Å². The fraction of sp³-hybridized carbons (Fsp3) is 1.00. The normalized spacial score (nSPS) is 22.3. The summed E-state index contributed by atoms with van der Waals surface area (Å²) in [5, 5.41) is 3.12. The van der Waals surface area contributed by atoms with Crippen LogP contribution in [0.5, 0.6) is 0 Å². The third-order valence-electron chi connectivity index (χ3n) is 2.64. The van der Waals surface area contributed by atoms with E-state index in [1.54, 1.807) is 0 Å². The SMILES string of the molecule is FC(CCC1CCNCC1)C(F)(F)F. The Hall–Kier alpha value is -0.320. The van der Waals surface area contributed by atoms with Gasteiger partial charge < -0.3 is 5.32 Å². The van der Waals surface area contributed by atoms with E-state index in [0.717, 1.165) is 25.9 Å². The molecule has 0 aromatic heterocycles. The lowest BCUT2D eigenvalue weighted by atomic mass is 9.92. The Bertz CT molecular complexity index is 163. The number of alkyl halides is 4. The van der Waals surface area contributed by atoms with Gasteiger partial charge in [0.25, 0.3) is 0 Å². The standard InChI is InChI=1S/C9H15F4N/c10-8(9(11,12)13)2-1-7-3-5-14-6-4-7/h7-8,14H,1-6H2. The topological polar surface area (TPSA) is 12.0 Å². The minimum absolute atomic E-state index is 0.261. The zero-order valence-electron chi connectivity index (χ0n) is 7.91. The summed E-state index contributed by atoms with van der Waals surface area (Å²) >= 11 is 0. The summed E-state index contributed by atoms with van der Waals surface area (Å²) in [4.78, 5) is 0. The lowest BCUT2D eigenvalue weighted by Gasteiger charge is -2.23. The number of hydrogen-bond donors (Lipinski definition) is 1. The predicted octanol–water partition coefficient (Wildman–Crippen LogP) is 2.67. The van der Waals surface area contributed by atoms with Crippen molar-refractivity contribution in [3.05, 3.63) is 0 Å². The molecule has 0 aliphatic carbocycles. The van der Waals surface area contributed by atoms with Crippen LogP contribution in [0.25, 0.3) is 0 Å². The first-order valence-electron chi connectivity index (χ1n) is 4.91. The van der Waals surface area contributed by atoms with Gasteiger partial charge in [0.1, 0.15) is 0 Å². The van der Waals surface area contributed by atoms with Crippen LogP contribution in [0.3, 0.4) is 0 Å².